The van der Waals surface area contributed by atoms with E-state index in [1.54, 1.807) is 18.4 Å². The number of unbranched alkanes of at least 4 members (excludes halogenated alkanes) is 10. The van der Waals surface area contributed by atoms with E-state index >= 15 is 0 Å². The van der Waals surface area contributed by atoms with Crippen LogP contribution in [0.3, 0.4) is 0 Å². The molecule has 0 radical (unpaired) electrons. The van der Waals surface area contributed by atoms with Gasteiger partial charge < -0.3 is 18.9 Å². The summed E-state index contributed by atoms with van der Waals surface area (Å²) in [6.45, 7) is 9.23. The Balaban J connectivity index is 2.03. The van der Waals surface area contributed by atoms with Crippen LogP contribution in [0.4, 0.5) is 0 Å². The number of benzene rings is 1. The van der Waals surface area contributed by atoms with Crippen LogP contribution in [0.1, 0.15) is 150 Å². The summed E-state index contributed by atoms with van der Waals surface area (Å²) in [4.78, 5) is 39.1. The van der Waals surface area contributed by atoms with Gasteiger partial charge in [-0.3, -0.25) is 0 Å². The number of hydrogen-bond donors (Lipinski definition) is 0. The molecular weight excluding hydrogens is 542 g/mol. The number of fused-ring (bicyclic) bond motifs is 1. The zero-order chi connectivity index (χ0) is 30.9. The van der Waals surface area contributed by atoms with Crippen molar-refractivity contribution in [3.05, 3.63) is 52.8 Å². The van der Waals surface area contributed by atoms with Crippen molar-refractivity contribution in [2.75, 3.05) is 19.8 Å². The first-order valence-corrected chi connectivity index (χ1v) is 16.9. The van der Waals surface area contributed by atoms with Crippen LogP contribution in [0.15, 0.2) is 30.3 Å². The Morgan fingerprint density at radius 3 is 1.84 bits per heavy atom. The number of rotatable bonds is 20. The van der Waals surface area contributed by atoms with E-state index in [0.29, 0.717) is 36.6 Å². The maximum absolute atomic E-state index is 13.7. The van der Waals surface area contributed by atoms with Gasteiger partial charge in [0.25, 0.3) is 0 Å². The van der Waals surface area contributed by atoms with Crippen LogP contribution in [0.5, 0.6) is 5.75 Å². The third-order valence-corrected chi connectivity index (χ3v) is 8.62. The summed E-state index contributed by atoms with van der Waals surface area (Å²) in [7, 11) is 0. The summed E-state index contributed by atoms with van der Waals surface area (Å²) in [5.74, 6) is -0.692. The maximum atomic E-state index is 13.7. The molecule has 1 aromatic carbocycles. The summed E-state index contributed by atoms with van der Waals surface area (Å²) < 4.78 is 12.8. The second kappa shape index (κ2) is 18.8. The zero-order valence-electron chi connectivity index (χ0n) is 27.2. The number of esters is 2. The largest absolute Gasteiger partial charge is 0.461 e. The molecule has 0 atom stereocenters. The quantitative estimate of drug-likeness (QED) is 0.0860. The van der Waals surface area contributed by atoms with E-state index in [4.69, 9.17) is 19.2 Å². The molecule has 3 rings (SSSR count). The van der Waals surface area contributed by atoms with Gasteiger partial charge in [-0.1, -0.05) is 121 Å². The lowest BCUT2D eigenvalue weighted by molar-refractivity contribution is -0.226. The van der Waals surface area contributed by atoms with E-state index in [1.165, 1.54) is 64.2 Å². The minimum Gasteiger partial charge on any atom is -0.461 e. The Bertz CT molecular complexity index is 1090. The molecule has 43 heavy (non-hydrogen) atoms. The molecule has 2 heterocycles. The first-order chi connectivity index (χ1) is 21.0. The van der Waals surface area contributed by atoms with Crippen LogP contribution in [0, 0.1) is 5.41 Å². The van der Waals surface area contributed by atoms with Crippen molar-refractivity contribution < 1.29 is 28.8 Å². The van der Waals surface area contributed by atoms with Crippen molar-refractivity contribution in [2.45, 2.75) is 131 Å². The minimum atomic E-state index is -0.534. The fourth-order valence-electron chi connectivity index (χ4n) is 6.31. The molecular formula is C36H55NO6. The molecule has 0 aliphatic carbocycles. The number of carbonyl (C=O) groups is 2. The first-order valence-electron chi connectivity index (χ1n) is 16.9. The predicted octanol–water partition coefficient (Wildman–Crippen LogP) is 9.24. The first kappa shape index (κ1) is 34.7. The van der Waals surface area contributed by atoms with Gasteiger partial charge in [0.15, 0.2) is 5.69 Å². The van der Waals surface area contributed by atoms with Crippen LogP contribution in [0.25, 0.3) is 0 Å². The standard InChI is InChI=1S/C36H55NO6/c1-5-9-11-13-15-20-24-36(25-21-16-14-12-10-6-2)26-30-31(34(38)40-7-3)37(27-29-22-18-17-19-23-29)32(35(39)41-8-4)33(30)43-42-28-36/h17-19,22-23H,5-16,20-21,24-28H2,1-4H3. The molecule has 1 aliphatic heterocycles. The van der Waals surface area contributed by atoms with Crippen LogP contribution in [-0.4, -0.2) is 36.3 Å². The third-order valence-electron chi connectivity index (χ3n) is 8.62. The molecule has 0 saturated carbocycles. The number of nitrogens with zero attached hydrogens (tertiary/aromatic N) is 1. The van der Waals surface area contributed by atoms with Crippen molar-refractivity contribution in [1.29, 1.82) is 0 Å². The van der Waals surface area contributed by atoms with Crippen LogP contribution in [0.2, 0.25) is 0 Å². The van der Waals surface area contributed by atoms with Crippen molar-refractivity contribution in [1.82, 2.24) is 4.57 Å². The summed E-state index contributed by atoms with van der Waals surface area (Å²) >= 11 is 0. The average molecular weight is 598 g/mol. The molecule has 7 heteroatoms. The van der Waals surface area contributed by atoms with Crippen molar-refractivity contribution in [3.8, 4) is 5.75 Å². The van der Waals surface area contributed by atoms with E-state index in [9.17, 15) is 9.59 Å². The Morgan fingerprint density at radius 1 is 0.744 bits per heavy atom. The van der Waals surface area contributed by atoms with E-state index in [-0.39, 0.29) is 24.3 Å². The lowest BCUT2D eigenvalue weighted by atomic mass is 9.74. The molecule has 0 bridgehead atoms. The summed E-state index contributed by atoms with van der Waals surface area (Å²) in [5, 5.41) is 0. The highest BCUT2D eigenvalue weighted by molar-refractivity contribution is 5.98. The smallest absolute Gasteiger partial charge is 0.359 e. The maximum Gasteiger partial charge on any atom is 0.359 e. The molecule has 7 nitrogen and oxygen atoms in total. The third kappa shape index (κ3) is 10.1. The van der Waals surface area contributed by atoms with Gasteiger partial charge in [0, 0.05) is 17.5 Å². The van der Waals surface area contributed by atoms with E-state index in [1.807, 2.05) is 30.3 Å². The Kier molecular flexibility index (Phi) is 15.1. The molecule has 2 aromatic rings. The molecule has 0 saturated heterocycles. The monoisotopic (exact) mass is 597 g/mol. The van der Waals surface area contributed by atoms with Gasteiger partial charge in [0.05, 0.1) is 19.8 Å². The molecule has 0 amide bonds. The molecule has 0 fully saturated rings. The summed E-state index contributed by atoms with van der Waals surface area (Å²) in [6, 6.07) is 9.80. The van der Waals surface area contributed by atoms with Gasteiger partial charge in [-0.25, -0.2) is 9.59 Å². The van der Waals surface area contributed by atoms with Gasteiger partial charge >= 0.3 is 11.9 Å². The molecule has 0 unspecified atom stereocenters. The Morgan fingerprint density at radius 2 is 1.28 bits per heavy atom. The lowest BCUT2D eigenvalue weighted by Gasteiger charge is -2.32. The van der Waals surface area contributed by atoms with E-state index in [0.717, 1.165) is 31.2 Å². The fraction of sp³-hybridized carbons (Fsp3) is 0.667. The molecule has 1 aromatic heterocycles. The average Bonchev–Trinajstić information content (AvgIpc) is 3.17. The van der Waals surface area contributed by atoms with Gasteiger partial charge in [-0.2, -0.15) is 4.89 Å². The lowest BCUT2D eigenvalue weighted by Crippen LogP contribution is -2.30. The van der Waals surface area contributed by atoms with Gasteiger partial charge in [0.2, 0.25) is 5.75 Å². The van der Waals surface area contributed by atoms with Crippen molar-refractivity contribution >= 4 is 11.9 Å². The molecule has 240 valence electrons. The van der Waals surface area contributed by atoms with Crippen LogP contribution < -0.4 is 4.89 Å². The Hall–Kier alpha value is -2.80. The highest BCUT2D eigenvalue weighted by atomic mass is 17.2. The minimum absolute atomic E-state index is 0.202. The highest BCUT2D eigenvalue weighted by Crippen LogP contribution is 2.45. The summed E-state index contributed by atoms with van der Waals surface area (Å²) in [6.07, 6.45) is 17.1. The van der Waals surface area contributed by atoms with Gasteiger partial charge in [-0.15, -0.1) is 0 Å². The topological polar surface area (TPSA) is 76.0 Å². The number of ether oxygens (including phenoxy) is 2. The molecule has 0 N–H and O–H groups in total. The van der Waals surface area contributed by atoms with Crippen LogP contribution >= 0.6 is 0 Å². The van der Waals surface area contributed by atoms with Crippen molar-refractivity contribution in [2.24, 2.45) is 5.41 Å². The van der Waals surface area contributed by atoms with Gasteiger partial charge in [0.1, 0.15) is 5.69 Å². The van der Waals surface area contributed by atoms with E-state index < -0.39 is 11.9 Å². The second-order valence-corrected chi connectivity index (χ2v) is 12.1. The molecule has 0 spiro atoms. The Labute approximate surface area is 259 Å². The normalized spacial score (nSPS) is 14.0. The van der Waals surface area contributed by atoms with E-state index in [2.05, 4.69) is 13.8 Å². The number of carbonyl (C=O) groups excluding carboxylic acids is 2. The zero-order valence-corrected chi connectivity index (χ0v) is 27.2. The second-order valence-electron chi connectivity index (χ2n) is 12.1. The predicted molar refractivity (Wildman–Crippen MR) is 171 cm³/mol. The summed E-state index contributed by atoms with van der Waals surface area (Å²) in [5.41, 5.74) is 2.03. The highest BCUT2D eigenvalue weighted by Gasteiger charge is 2.42. The van der Waals surface area contributed by atoms with Gasteiger partial charge in [-0.05, 0) is 38.7 Å². The SMILES string of the molecule is CCCCCCCCC1(CCCCCCCC)COOc2c(c(C(=O)OCC)n(Cc3ccccc3)c2C(=O)OCC)C1. The van der Waals surface area contributed by atoms with Crippen LogP contribution in [-0.2, 0) is 27.3 Å². The molecule has 1 aliphatic rings. The number of hydrogen-bond acceptors (Lipinski definition) is 6. The number of aromatic nitrogens is 1. The van der Waals surface area contributed by atoms with Crippen molar-refractivity contribution in [3.63, 3.8) is 0 Å². The fourth-order valence-corrected chi connectivity index (χ4v) is 6.31.